The minimum absolute atomic E-state index is 0.366. The van der Waals surface area contributed by atoms with Gasteiger partial charge in [-0.1, -0.05) is 12.1 Å². The van der Waals surface area contributed by atoms with E-state index in [-0.39, 0.29) is 5.91 Å². The summed E-state index contributed by atoms with van der Waals surface area (Å²) in [6.45, 7) is 0. The Morgan fingerprint density at radius 2 is 2.20 bits per heavy atom. The molecule has 0 saturated heterocycles. The van der Waals surface area contributed by atoms with Crippen molar-refractivity contribution >= 4 is 22.4 Å². The van der Waals surface area contributed by atoms with Crippen LogP contribution in [0, 0.1) is 0 Å². The first kappa shape index (κ1) is 8.38. The molecule has 0 bridgehead atoms. The van der Waals surface area contributed by atoms with Crippen LogP contribution in [0.4, 0.5) is 5.69 Å². The lowest BCUT2D eigenvalue weighted by molar-refractivity contribution is -0.123. The summed E-state index contributed by atoms with van der Waals surface area (Å²) in [6, 6.07) is 5.43. The number of carbonyl (C=O) groups is 1. The second-order valence-corrected chi connectivity index (χ2v) is 3.52. The van der Waals surface area contributed by atoms with Crippen molar-refractivity contribution in [3.05, 3.63) is 36.2 Å². The van der Waals surface area contributed by atoms with E-state index in [4.69, 9.17) is 0 Å². The van der Waals surface area contributed by atoms with Crippen LogP contribution in [0.1, 0.15) is 11.7 Å². The highest BCUT2D eigenvalue weighted by Gasteiger charge is 2.29. The molecule has 4 nitrogen and oxygen atoms in total. The number of nitrogens with one attached hydrogen (secondary N) is 1. The van der Waals surface area contributed by atoms with Crippen LogP contribution >= 0.6 is 0 Å². The van der Waals surface area contributed by atoms with Crippen LogP contribution in [0.15, 0.2) is 30.6 Å². The van der Waals surface area contributed by atoms with Crippen molar-refractivity contribution in [2.45, 2.75) is 6.10 Å². The van der Waals surface area contributed by atoms with Crippen LogP contribution in [0.2, 0.25) is 0 Å². The molecule has 2 aromatic rings. The molecular formula is C11H8N2O2. The number of rotatable bonds is 0. The fourth-order valence-electron chi connectivity index (χ4n) is 1.89. The monoisotopic (exact) mass is 200 g/mol. The summed E-state index contributed by atoms with van der Waals surface area (Å²) in [5.74, 6) is -0.366. The Kier molecular flexibility index (Phi) is 1.55. The van der Waals surface area contributed by atoms with Crippen LogP contribution in [0.3, 0.4) is 0 Å². The van der Waals surface area contributed by atoms with E-state index in [1.807, 2.05) is 12.1 Å². The topological polar surface area (TPSA) is 62.2 Å². The number of fused-ring (bicyclic) bond motifs is 3. The normalized spacial score (nSPS) is 19.0. The number of aromatic nitrogens is 1. The fraction of sp³-hybridized carbons (Fsp3) is 0.0909. The van der Waals surface area contributed by atoms with Crippen LogP contribution < -0.4 is 5.32 Å². The van der Waals surface area contributed by atoms with Gasteiger partial charge in [0.25, 0.3) is 5.91 Å². The Morgan fingerprint density at radius 3 is 3.07 bits per heavy atom. The molecule has 0 radical (unpaired) electrons. The first-order chi connectivity index (χ1) is 7.27. The minimum Gasteiger partial charge on any atom is -0.378 e. The number of amides is 1. The number of hydrogen-bond acceptors (Lipinski definition) is 3. The molecule has 2 N–H and O–H groups in total. The maximum absolute atomic E-state index is 11.3. The van der Waals surface area contributed by atoms with Crippen LogP contribution in [0.25, 0.3) is 10.8 Å². The molecule has 4 heteroatoms. The Bertz CT molecular complexity index is 566. The predicted molar refractivity (Wildman–Crippen MR) is 55.3 cm³/mol. The third-order valence-electron chi connectivity index (χ3n) is 2.64. The second-order valence-electron chi connectivity index (χ2n) is 3.52. The molecule has 1 atom stereocenters. The van der Waals surface area contributed by atoms with Crippen LogP contribution in [0.5, 0.6) is 0 Å². The molecule has 1 aromatic carbocycles. The molecule has 3 rings (SSSR count). The van der Waals surface area contributed by atoms with Crippen molar-refractivity contribution in [2.24, 2.45) is 0 Å². The van der Waals surface area contributed by atoms with Crippen molar-refractivity contribution < 1.29 is 9.90 Å². The van der Waals surface area contributed by atoms with Gasteiger partial charge in [0.15, 0.2) is 6.10 Å². The number of anilines is 1. The lowest BCUT2D eigenvalue weighted by Crippen LogP contribution is -2.10. The van der Waals surface area contributed by atoms with E-state index in [1.54, 1.807) is 18.5 Å². The number of carbonyl (C=O) groups excluding carboxylic acids is 1. The Balaban J connectivity index is 2.38. The van der Waals surface area contributed by atoms with E-state index in [0.717, 1.165) is 10.8 Å². The van der Waals surface area contributed by atoms with Gasteiger partial charge in [-0.15, -0.1) is 0 Å². The Labute approximate surface area is 85.6 Å². The quantitative estimate of drug-likeness (QED) is 0.672. The number of aliphatic hydroxyl groups is 1. The number of pyridine rings is 1. The zero-order chi connectivity index (χ0) is 10.4. The van der Waals surface area contributed by atoms with Crippen molar-refractivity contribution in [1.82, 2.24) is 4.98 Å². The second kappa shape index (κ2) is 2.77. The molecular weight excluding hydrogens is 192 g/mol. The average Bonchev–Trinajstić information content (AvgIpc) is 2.56. The average molecular weight is 200 g/mol. The molecule has 1 aliphatic rings. The van der Waals surface area contributed by atoms with Gasteiger partial charge in [0.05, 0.1) is 5.69 Å². The highest BCUT2D eigenvalue weighted by Crippen LogP contribution is 2.36. The van der Waals surface area contributed by atoms with Crippen molar-refractivity contribution in [3.8, 4) is 0 Å². The van der Waals surface area contributed by atoms with Gasteiger partial charge in [-0.2, -0.15) is 0 Å². The van der Waals surface area contributed by atoms with Gasteiger partial charge in [0.2, 0.25) is 0 Å². The zero-order valence-electron chi connectivity index (χ0n) is 7.77. The van der Waals surface area contributed by atoms with Gasteiger partial charge in [0, 0.05) is 28.7 Å². The third-order valence-corrected chi connectivity index (χ3v) is 2.64. The fourth-order valence-corrected chi connectivity index (χ4v) is 1.89. The summed E-state index contributed by atoms with van der Waals surface area (Å²) >= 11 is 0. The largest absolute Gasteiger partial charge is 0.378 e. The van der Waals surface area contributed by atoms with Gasteiger partial charge in [-0.3, -0.25) is 9.78 Å². The number of hydrogen-bond donors (Lipinski definition) is 2. The highest BCUT2D eigenvalue weighted by molar-refractivity contribution is 6.10. The molecule has 15 heavy (non-hydrogen) atoms. The SMILES string of the molecule is O=C1Nc2c(ccc3cnccc23)C1O. The standard InChI is InChI=1S/C11H8N2O2/c14-10-8-2-1-6-5-12-4-3-7(6)9(8)13-11(10)15/h1-5,10,14H,(H,13,15). The smallest absolute Gasteiger partial charge is 0.257 e. The molecule has 1 aromatic heterocycles. The number of benzene rings is 1. The first-order valence-corrected chi connectivity index (χ1v) is 4.63. The van der Waals surface area contributed by atoms with Crippen molar-refractivity contribution in [2.75, 3.05) is 5.32 Å². The van der Waals surface area contributed by atoms with Gasteiger partial charge < -0.3 is 10.4 Å². The van der Waals surface area contributed by atoms with Crippen LogP contribution in [-0.4, -0.2) is 16.0 Å². The minimum atomic E-state index is -1.04. The lowest BCUT2D eigenvalue weighted by Gasteiger charge is -2.03. The van der Waals surface area contributed by atoms with E-state index in [9.17, 15) is 9.90 Å². The predicted octanol–water partition coefficient (Wildman–Crippen LogP) is 1.22. The summed E-state index contributed by atoms with van der Waals surface area (Å²) < 4.78 is 0. The molecule has 2 heterocycles. The Morgan fingerprint density at radius 1 is 1.33 bits per heavy atom. The molecule has 0 spiro atoms. The maximum atomic E-state index is 11.3. The van der Waals surface area contributed by atoms with E-state index in [2.05, 4.69) is 10.3 Å². The van der Waals surface area contributed by atoms with E-state index in [1.165, 1.54) is 0 Å². The molecule has 0 fully saturated rings. The molecule has 1 unspecified atom stereocenters. The van der Waals surface area contributed by atoms with Gasteiger partial charge >= 0.3 is 0 Å². The number of aliphatic hydroxyl groups excluding tert-OH is 1. The number of nitrogens with zero attached hydrogens (tertiary/aromatic N) is 1. The third kappa shape index (κ3) is 1.05. The van der Waals surface area contributed by atoms with Gasteiger partial charge in [-0.05, 0) is 6.07 Å². The molecule has 1 aliphatic heterocycles. The molecule has 74 valence electrons. The summed E-state index contributed by atoms with van der Waals surface area (Å²) in [5.41, 5.74) is 1.34. The van der Waals surface area contributed by atoms with E-state index >= 15 is 0 Å². The maximum Gasteiger partial charge on any atom is 0.257 e. The summed E-state index contributed by atoms with van der Waals surface area (Å²) in [4.78, 5) is 15.3. The highest BCUT2D eigenvalue weighted by atomic mass is 16.3. The van der Waals surface area contributed by atoms with Gasteiger partial charge in [0.1, 0.15) is 0 Å². The summed E-state index contributed by atoms with van der Waals surface area (Å²) in [7, 11) is 0. The van der Waals surface area contributed by atoms with Crippen molar-refractivity contribution in [3.63, 3.8) is 0 Å². The zero-order valence-corrected chi connectivity index (χ0v) is 7.77. The van der Waals surface area contributed by atoms with Crippen LogP contribution in [-0.2, 0) is 4.79 Å². The van der Waals surface area contributed by atoms with Gasteiger partial charge in [-0.25, -0.2) is 0 Å². The molecule has 0 saturated carbocycles. The lowest BCUT2D eigenvalue weighted by atomic mass is 10.1. The van der Waals surface area contributed by atoms with E-state index in [0.29, 0.717) is 11.3 Å². The van der Waals surface area contributed by atoms with E-state index < -0.39 is 6.10 Å². The Hall–Kier alpha value is -1.94. The first-order valence-electron chi connectivity index (χ1n) is 4.63. The summed E-state index contributed by atoms with van der Waals surface area (Å²) in [6.07, 6.45) is 2.35. The van der Waals surface area contributed by atoms with Crippen molar-refractivity contribution in [1.29, 1.82) is 0 Å². The summed E-state index contributed by atoms with van der Waals surface area (Å²) in [5, 5.41) is 14.1. The molecule has 0 aliphatic carbocycles. The molecule has 1 amide bonds.